The molecule has 1 aromatic carbocycles. The number of ether oxygens (including phenoxy) is 1. The third-order valence-corrected chi connectivity index (χ3v) is 1.87. The van der Waals surface area contributed by atoms with Crippen molar-refractivity contribution in [2.45, 2.75) is 0 Å². The van der Waals surface area contributed by atoms with Crippen LogP contribution in [0.1, 0.15) is 0 Å². The number of hydrogen-bond acceptors (Lipinski definition) is 2. The van der Waals surface area contributed by atoms with Crippen LogP contribution < -0.4 is 4.84 Å². The maximum atomic E-state index is 5.30. The summed E-state index contributed by atoms with van der Waals surface area (Å²) in [5.41, 5.74) is 1.06. The largest absolute Gasteiger partial charge is 0.385 e. The Morgan fingerprint density at radius 1 is 1.23 bits per heavy atom. The lowest BCUT2D eigenvalue weighted by Gasteiger charge is -2.05. The Bertz CT molecular complexity index is 394. The van der Waals surface area contributed by atoms with Crippen molar-refractivity contribution in [3.63, 3.8) is 0 Å². The summed E-state index contributed by atoms with van der Waals surface area (Å²) in [6, 6.07) is 10.0. The Morgan fingerprint density at radius 2 is 2.08 bits per heavy atom. The van der Waals surface area contributed by atoms with Crippen LogP contribution in [0.25, 0.3) is 10.9 Å². The van der Waals surface area contributed by atoms with Gasteiger partial charge in [-0.2, -0.15) is 4.73 Å². The maximum Gasteiger partial charge on any atom is 0.214 e. The molecule has 0 aliphatic rings. The van der Waals surface area contributed by atoms with E-state index in [-0.39, 0.29) is 6.79 Å². The van der Waals surface area contributed by atoms with Crippen molar-refractivity contribution in [3.05, 3.63) is 36.5 Å². The quantitative estimate of drug-likeness (QED) is 0.666. The van der Waals surface area contributed by atoms with Crippen LogP contribution >= 0.6 is 0 Å². The fraction of sp³-hybridized carbons (Fsp3) is 0.200. The third-order valence-electron chi connectivity index (χ3n) is 1.87. The Labute approximate surface area is 76.4 Å². The highest BCUT2D eigenvalue weighted by atomic mass is 16.8. The van der Waals surface area contributed by atoms with Crippen LogP contribution in [0.2, 0.25) is 0 Å². The monoisotopic (exact) mass is 177 g/mol. The lowest BCUT2D eigenvalue weighted by molar-refractivity contribution is -0.0333. The van der Waals surface area contributed by atoms with E-state index in [9.17, 15) is 0 Å². The molecule has 0 bridgehead atoms. The van der Waals surface area contributed by atoms with Gasteiger partial charge >= 0.3 is 0 Å². The van der Waals surface area contributed by atoms with E-state index in [0.29, 0.717) is 0 Å². The van der Waals surface area contributed by atoms with E-state index >= 15 is 0 Å². The summed E-state index contributed by atoms with van der Waals surface area (Å²) in [7, 11) is 1.60. The highest BCUT2D eigenvalue weighted by Crippen LogP contribution is 2.13. The summed E-state index contributed by atoms with van der Waals surface area (Å²) in [5, 5.41) is 1.17. The molecule has 1 aromatic heterocycles. The minimum Gasteiger partial charge on any atom is -0.385 e. The zero-order valence-electron chi connectivity index (χ0n) is 7.43. The van der Waals surface area contributed by atoms with Crippen LogP contribution in [-0.4, -0.2) is 18.6 Å². The predicted molar refractivity (Wildman–Crippen MR) is 50.4 cm³/mol. The molecule has 0 radical (unpaired) electrons. The predicted octanol–water partition coefficient (Wildman–Crippen LogP) is 1.67. The van der Waals surface area contributed by atoms with Gasteiger partial charge in [-0.3, -0.25) is 0 Å². The lowest BCUT2D eigenvalue weighted by Crippen LogP contribution is -2.12. The van der Waals surface area contributed by atoms with Gasteiger partial charge in [-0.1, -0.05) is 18.2 Å². The lowest BCUT2D eigenvalue weighted by atomic mass is 10.3. The topological polar surface area (TPSA) is 23.4 Å². The van der Waals surface area contributed by atoms with Gasteiger partial charge in [0.15, 0.2) is 0 Å². The highest BCUT2D eigenvalue weighted by molar-refractivity contribution is 5.79. The molecule has 0 saturated carbocycles. The smallest absolute Gasteiger partial charge is 0.214 e. The van der Waals surface area contributed by atoms with Gasteiger partial charge in [0.2, 0.25) is 6.79 Å². The van der Waals surface area contributed by atoms with Crippen LogP contribution in [-0.2, 0) is 4.74 Å². The second kappa shape index (κ2) is 3.49. The van der Waals surface area contributed by atoms with E-state index < -0.39 is 0 Å². The number of para-hydroxylation sites is 1. The van der Waals surface area contributed by atoms with Crippen molar-refractivity contribution in [2.24, 2.45) is 0 Å². The minimum atomic E-state index is 0.263. The first kappa shape index (κ1) is 8.13. The van der Waals surface area contributed by atoms with E-state index in [0.717, 1.165) is 5.52 Å². The van der Waals surface area contributed by atoms with E-state index in [2.05, 4.69) is 0 Å². The standard InChI is InChI=1S/C10H11NO2/c1-12-8-13-11-7-6-9-4-2-3-5-10(9)11/h2-7H,8H2,1H3. The first-order valence-corrected chi connectivity index (χ1v) is 4.10. The highest BCUT2D eigenvalue weighted by Gasteiger charge is 1.98. The van der Waals surface area contributed by atoms with Crippen molar-refractivity contribution >= 4 is 10.9 Å². The van der Waals surface area contributed by atoms with E-state index in [1.807, 2.05) is 36.5 Å². The van der Waals surface area contributed by atoms with Crippen LogP contribution in [0.5, 0.6) is 0 Å². The molecule has 0 aliphatic carbocycles. The number of nitrogens with zero attached hydrogens (tertiary/aromatic N) is 1. The summed E-state index contributed by atoms with van der Waals surface area (Å²) in [6.45, 7) is 0.263. The first-order chi connectivity index (χ1) is 6.42. The van der Waals surface area contributed by atoms with Crippen LogP contribution in [0.15, 0.2) is 36.5 Å². The molecular weight excluding hydrogens is 166 g/mol. The summed E-state index contributed by atoms with van der Waals surface area (Å²) in [4.78, 5) is 5.30. The number of methoxy groups -OCH3 is 1. The van der Waals surface area contributed by atoms with Crippen molar-refractivity contribution in [1.29, 1.82) is 0 Å². The van der Waals surface area contributed by atoms with E-state index in [1.54, 1.807) is 11.8 Å². The number of fused-ring (bicyclic) bond motifs is 1. The van der Waals surface area contributed by atoms with Crippen molar-refractivity contribution in [3.8, 4) is 0 Å². The zero-order chi connectivity index (χ0) is 9.10. The molecule has 0 unspecified atom stereocenters. The van der Waals surface area contributed by atoms with Crippen LogP contribution in [0.3, 0.4) is 0 Å². The third kappa shape index (κ3) is 1.51. The van der Waals surface area contributed by atoms with Crippen molar-refractivity contribution < 1.29 is 9.57 Å². The molecule has 3 heteroatoms. The Balaban J connectivity index is 2.35. The van der Waals surface area contributed by atoms with Gasteiger partial charge in [-0.05, 0) is 12.1 Å². The summed E-state index contributed by atoms with van der Waals surface area (Å²) in [5.74, 6) is 0. The van der Waals surface area contributed by atoms with Gasteiger partial charge in [0.1, 0.15) is 0 Å². The molecule has 0 fully saturated rings. The van der Waals surface area contributed by atoms with Crippen LogP contribution in [0, 0.1) is 0 Å². The molecule has 0 N–H and O–H groups in total. The molecule has 0 atom stereocenters. The molecule has 68 valence electrons. The average molecular weight is 177 g/mol. The van der Waals surface area contributed by atoms with E-state index in [1.165, 1.54) is 5.39 Å². The van der Waals surface area contributed by atoms with Gasteiger partial charge < -0.3 is 9.57 Å². The second-order valence-electron chi connectivity index (χ2n) is 2.74. The fourth-order valence-electron chi connectivity index (χ4n) is 1.28. The molecule has 0 amide bonds. The number of rotatable bonds is 3. The average Bonchev–Trinajstić information content (AvgIpc) is 2.58. The molecular formula is C10H11NO2. The SMILES string of the molecule is COCOn1ccc2ccccc21. The summed E-state index contributed by atoms with van der Waals surface area (Å²) in [6.07, 6.45) is 1.88. The first-order valence-electron chi connectivity index (χ1n) is 4.10. The minimum absolute atomic E-state index is 0.263. The fourth-order valence-corrected chi connectivity index (χ4v) is 1.28. The molecule has 0 saturated heterocycles. The maximum absolute atomic E-state index is 5.30. The summed E-state index contributed by atoms with van der Waals surface area (Å²) < 4.78 is 6.53. The zero-order valence-corrected chi connectivity index (χ0v) is 7.43. The van der Waals surface area contributed by atoms with Crippen molar-refractivity contribution in [2.75, 3.05) is 13.9 Å². The number of aromatic nitrogens is 1. The van der Waals surface area contributed by atoms with Crippen molar-refractivity contribution in [1.82, 2.24) is 4.73 Å². The Hall–Kier alpha value is -1.48. The molecule has 0 aliphatic heterocycles. The van der Waals surface area contributed by atoms with Crippen LogP contribution in [0.4, 0.5) is 0 Å². The Morgan fingerprint density at radius 3 is 2.92 bits per heavy atom. The molecule has 3 nitrogen and oxygen atoms in total. The molecule has 13 heavy (non-hydrogen) atoms. The van der Waals surface area contributed by atoms with Gasteiger partial charge in [0, 0.05) is 18.7 Å². The molecule has 2 aromatic rings. The normalized spacial score (nSPS) is 10.5. The second-order valence-corrected chi connectivity index (χ2v) is 2.74. The van der Waals surface area contributed by atoms with Gasteiger partial charge in [0.05, 0.1) is 5.52 Å². The molecule has 1 heterocycles. The number of hydrogen-bond donors (Lipinski definition) is 0. The summed E-state index contributed by atoms with van der Waals surface area (Å²) >= 11 is 0. The Kier molecular flexibility index (Phi) is 2.19. The molecule has 0 spiro atoms. The number of benzene rings is 1. The molecule has 2 rings (SSSR count). The van der Waals surface area contributed by atoms with Gasteiger partial charge in [-0.15, -0.1) is 0 Å². The van der Waals surface area contributed by atoms with E-state index in [4.69, 9.17) is 9.57 Å². The van der Waals surface area contributed by atoms with Gasteiger partial charge in [0.25, 0.3) is 0 Å². The van der Waals surface area contributed by atoms with Gasteiger partial charge in [-0.25, -0.2) is 0 Å².